The normalized spacial score (nSPS) is 29.6. The first kappa shape index (κ1) is 10.3. The third kappa shape index (κ3) is 2.33. The van der Waals surface area contributed by atoms with Crippen molar-refractivity contribution >= 4 is 5.97 Å². The molecule has 0 bridgehead atoms. The number of esters is 1. The Balaban J connectivity index is 2.45. The van der Waals surface area contributed by atoms with Crippen LogP contribution in [0.15, 0.2) is 0 Å². The van der Waals surface area contributed by atoms with Crippen molar-refractivity contribution in [3.05, 3.63) is 0 Å². The van der Waals surface area contributed by atoms with Crippen LogP contribution in [0.5, 0.6) is 0 Å². The van der Waals surface area contributed by atoms with E-state index in [2.05, 4.69) is 4.74 Å². The maximum Gasteiger partial charge on any atom is 0.490 e. The summed E-state index contributed by atoms with van der Waals surface area (Å²) in [6, 6.07) is 0. The lowest BCUT2D eigenvalue weighted by atomic mass is 10.1. The minimum atomic E-state index is -4.93. The predicted molar refractivity (Wildman–Crippen MR) is 36.0 cm³/mol. The molecule has 3 nitrogen and oxygen atoms in total. The van der Waals surface area contributed by atoms with Crippen LogP contribution in [0.4, 0.5) is 13.2 Å². The van der Waals surface area contributed by atoms with E-state index in [-0.39, 0.29) is 0 Å². The molecule has 2 atom stereocenters. The van der Waals surface area contributed by atoms with E-state index in [9.17, 15) is 18.0 Å². The number of carbonyl (C=O) groups is 1. The molecule has 0 aromatic carbocycles. The second-order valence-corrected chi connectivity index (χ2v) is 3.15. The standard InChI is InChI=1S/C7H9F3O3/c1-4(6(2)3-12-6)13-5(11)7(8,9)10/h4H,3H2,1-2H3/t4-,6-/m1/s1. The second-order valence-electron chi connectivity index (χ2n) is 3.15. The minimum absolute atomic E-state index is 0.319. The summed E-state index contributed by atoms with van der Waals surface area (Å²) >= 11 is 0. The average molecular weight is 198 g/mol. The van der Waals surface area contributed by atoms with Crippen molar-refractivity contribution in [1.82, 2.24) is 0 Å². The Morgan fingerprint density at radius 2 is 2.08 bits per heavy atom. The van der Waals surface area contributed by atoms with Crippen molar-refractivity contribution in [3.63, 3.8) is 0 Å². The third-order valence-electron chi connectivity index (χ3n) is 1.97. The Bertz CT molecular complexity index is 220. The van der Waals surface area contributed by atoms with E-state index in [4.69, 9.17) is 4.74 Å². The highest BCUT2D eigenvalue weighted by atomic mass is 19.4. The quantitative estimate of drug-likeness (QED) is 0.495. The van der Waals surface area contributed by atoms with E-state index in [1.54, 1.807) is 6.92 Å². The second kappa shape index (κ2) is 2.87. The van der Waals surface area contributed by atoms with Gasteiger partial charge in [0.25, 0.3) is 0 Å². The van der Waals surface area contributed by atoms with Gasteiger partial charge >= 0.3 is 12.1 Å². The minimum Gasteiger partial charge on any atom is -0.453 e. The summed E-state index contributed by atoms with van der Waals surface area (Å²) in [6.45, 7) is 3.28. The fourth-order valence-corrected chi connectivity index (χ4v) is 0.701. The molecule has 76 valence electrons. The van der Waals surface area contributed by atoms with Crippen molar-refractivity contribution < 1.29 is 27.4 Å². The van der Waals surface area contributed by atoms with Crippen molar-refractivity contribution in [1.29, 1.82) is 0 Å². The van der Waals surface area contributed by atoms with Crippen molar-refractivity contribution in [2.45, 2.75) is 31.7 Å². The largest absolute Gasteiger partial charge is 0.490 e. The summed E-state index contributed by atoms with van der Waals surface area (Å²) in [6.07, 6.45) is -5.80. The van der Waals surface area contributed by atoms with Gasteiger partial charge in [-0.15, -0.1) is 0 Å². The lowest BCUT2D eigenvalue weighted by molar-refractivity contribution is -0.206. The zero-order valence-electron chi connectivity index (χ0n) is 7.14. The monoisotopic (exact) mass is 198 g/mol. The van der Waals surface area contributed by atoms with Crippen LogP contribution >= 0.6 is 0 Å². The topological polar surface area (TPSA) is 38.8 Å². The van der Waals surface area contributed by atoms with Gasteiger partial charge in [-0.3, -0.25) is 0 Å². The fourth-order valence-electron chi connectivity index (χ4n) is 0.701. The highest BCUT2D eigenvalue weighted by Gasteiger charge is 2.50. The lowest BCUT2D eigenvalue weighted by Gasteiger charge is -2.17. The van der Waals surface area contributed by atoms with E-state index < -0.39 is 23.9 Å². The molecule has 1 aliphatic heterocycles. The summed E-state index contributed by atoms with van der Waals surface area (Å²) in [5, 5.41) is 0. The molecule has 0 aromatic rings. The summed E-state index contributed by atoms with van der Waals surface area (Å²) in [5.74, 6) is -2.17. The molecule has 0 unspecified atom stereocenters. The van der Waals surface area contributed by atoms with Crippen LogP contribution < -0.4 is 0 Å². The maximum atomic E-state index is 11.7. The molecule has 6 heteroatoms. The van der Waals surface area contributed by atoms with E-state index >= 15 is 0 Å². The van der Waals surface area contributed by atoms with Crippen molar-refractivity contribution in [2.24, 2.45) is 0 Å². The summed E-state index contributed by atoms with van der Waals surface area (Å²) in [5.41, 5.74) is -0.735. The molecular formula is C7H9F3O3. The number of rotatable bonds is 2. The first-order chi connectivity index (χ1) is 5.76. The van der Waals surface area contributed by atoms with Crippen LogP contribution in [0, 0.1) is 0 Å². The van der Waals surface area contributed by atoms with Gasteiger partial charge in [-0.2, -0.15) is 13.2 Å². The number of alkyl halides is 3. The predicted octanol–water partition coefficient (Wildman–Crippen LogP) is 1.27. The van der Waals surface area contributed by atoms with E-state index in [1.165, 1.54) is 6.92 Å². The smallest absolute Gasteiger partial charge is 0.453 e. The molecule has 1 saturated heterocycles. The van der Waals surface area contributed by atoms with Gasteiger partial charge in [0.05, 0.1) is 6.61 Å². The molecule has 1 aliphatic rings. The van der Waals surface area contributed by atoms with Crippen LogP contribution in [-0.2, 0) is 14.3 Å². The van der Waals surface area contributed by atoms with Crippen molar-refractivity contribution in [2.75, 3.05) is 6.61 Å². The molecule has 0 radical (unpaired) electrons. The first-order valence-corrected chi connectivity index (χ1v) is 3.67. The summed E-state index contributed by atoms with van der Waals surface area (Å²) < 4.78 is 44.1. The SMILES string of the molecule is C[C@@H](OC(=O)C(F)(F)F)[C@@]1(C)CO1. The van der Waals surface area contributed by atoms with Crippen molar-refractivity contribution in [3.8, 4) is 0 Å². The molecule has 1 heterocycles. The van der Waals surface area contributed by atoms with Gasteiger partial charge in [-0.25, -0.2) is 4.79 Å². The molecule has 13 heavy (non-hydrogen) atoms. The highest BCUT2D eigenvalue weighted by molar-refractivity contribution is 5.75. The summed E-state index contributed by atoms with van der Waals surface area (Å²) in [7, 11) is 0. The zero-order chi connectivity index (χ0) is 10.3. The van der Waals surface area contributed by atoms with Crippen LogP contribution in [0.3, 0.4) is 0 Å². The van der Waals surface area contributed by atoms with Gasteiger partial charge in [-0.1, -0.05) is 0 Å². The van der Waals surface area contributed by atoms with Gasteiger partial charge < -0.3 is 9.47 Å². The van der Waals surface area contributed by atoms with E-state index in [0.29, 0.717) is 6.61 Å². The first-order valence-electron chi connectivity index (χ1n) is 3.67. The van der Waals surface area contributed by atoms with E-state index in [0.717, 1.165) is 0 Å². The van der Waals surface area contributed by atoms with Gasteiger partial charge in [0, 0.05) is 0 Å². The Labute approximate surface area is 72.8 Å². The van der Waals surface area contributed by atoms with Gasteiger partial charge in [0.15, 0.2) is 0 Å². The van der Waals surface area contributed by atoms with Crippen LogP contribution in [0.2, 0.25) is 0 Å². The molecule has 0 saturated carbocycles. The molecule has 1 rings (SSSR count). The Morgan fingerprint density at radius 3 is 2.38 bits per heavy atom. The number of ether oxygens (including phenoxy) is 2. The lowest BCUT2D eigenvalue weighted by Crippen LogP contribution is -2.35. The number of carbonyl (C=O) groups excluding carboxylic acids is 1. The molecule has 0 amide bonds. The zero-order valence-corrected chi connectivity index (χ0v) is 7.14. The number of hydrogen-bond acceptors (Lipinski definition) is 3. The third-order valence-corrected chi connectivity index (χ3v) is 1.97. The fraction of sp³-hybridized carbons (Fsp3) is 0.857. The van der Waals surface area contributed by atoms with E-state index in [1.807, 2.05) is 0 Å². The molecular weight excluding hydrogens is 189 g/mol. The Kier molecular flexibility index (Phi) is 2.27. The maximum absolute atomic E-state index is 11.7. The number of hydrogen-bond donors (Lipinski definition) is 0. The number of epoxide rings is 1. The Morgan fingerprint density at radius 1 is 1.62 bits per heavy atom. The molecule has 0 N–H and O–H groups in total. The summed E-state index contributed by atoms with van der Waals surface area (Å²) in [4.78, 5) is 10.3. The van der Waals surface area contributed by atoms with Crippen LogP contribution in [0.1, 0.15) is 13.8 Å². The Hall–Kier alpha value is -0.780. The molecule has 0 aliphatic carbocycles. The molecule has 1 fully saturated rings. The number of halogens is 3. The van der Waals surface area contributed by atoms with Crippen LogP contribution in [0.25, 0.3) is 0 Å². The van der Waals surface area contributed by atoms with Gasteiger partial charge in [0.2, 0.25) is 0 Å². The van der Waals surface area contributed by atoms with Gasteiger partial charge in [-0.05, 0) is 13.8 Å². The van der Waals surface area contributed by atoms with Gasteiger partial charge in [0.1, 0.15) is 11.7 Å². The molecule has 0 aromatic heterocycles. The average Bonchev–Trinajstić information content (AvgIpc) is 2.67. The highest BCUT2D eigenvalue weighted by Crippen LogP contribution is 2.32. The van der Waals surface area contributed by atoms with Crippen LogP contribution in [-0.4, -0.2) is 30.5 Å². The molecule has 0 spiro atoms.